The largest absolute Gasteiger partial charge is 0.376 e. The van der Waals surface area contributed by atoms with E-state index >= 15 is 0 Å². The maximum Gasteiger partial charge on any atom is 0.364 e. The highest BCUT2D eigenvalue weighted by atomic mass is 32.2. The van der Waals surface area contributed by atoms with Gasteiger partial charge in [-0.1, -0.05) is 0 Å². The zero-order valence-electron chi connectivity index (χ0n) is 8.35. The van der Waals surface area contributed by atoms with Gasteiger partial charge in [0.25, 0.3) is 0 Å². The summed E-state index contributed by atoms with van der Waals surface area (Å²) in [5, 5.41) is 19.6. The molecule has 0 radical (unpaired) electrons. The van der Waals surface area contributed by atoms with Crippen LogP contribution in [0.2, 0.25) is 0 Å². The summed E-state index contributed by atoms with van der Waals surface area (Å²) in [6.07, 6.45) is 0. The second kappa shape index (κ2) is 5.05. The van der Waals surface area contributed by atoms with E-state index in [1.54, 1.807) is 0 Å². The highest BCUT2D eigenvalue weighted by molar-refractivity contribution is 7.87. The quantitative estimate of drug-likeness (QED) is 0.280. The average molecular weight is 266 g/mol. The lowest BCUT2D eigenvalue weighted by atomic mass is 10.8. The number of aromatic nitrogens is 3. The highest BCUT2D eigenvalue weighted by Gasteiger charge is 2.22. The predicted octanol–water partition coefficient (Wildman–Crippen LogP) is -2.63. The van der Waals surface area contributed by atoms with Crippen molar-refractivity contribution in [2.24, 2.45) is 0 Å². The Kier molecular flexibility index (Phi) is 3.95. The molecule has 17 heavy (non-hydrogen) atoms. The van der Waals surface area contributed by atoms with Crippen LogP contribution in [0.4, 0.5) is 17.8 Å². The molecule has 12 heteroatoms. The minimum atomic E-state index is -4.73. The molecule has 0 aliphatic carbocycles. The molecule has 0 spiro atoms. The number of anilines is 3. The summed E-state index contributed by atoms with van der Waals surface area (Å²) in [6, 6.07) is 0. The minimum absolute atomic E-state index is 0.0909. The Balaban J connectivity index is 3.20. The van der Waals surface area contributed by atoms with Gasteiger partial charge in [0.05, 0.1) is 0 Å². The van der Waals surface area contributed by atoms with Crippen molar-refractivity contribution in [3.8, 4) is 0 Å². The van der Waals surface area contributed by atoms with Crippen molar-refractivity contribution in [1.29, 1.82) is 0 Å². The molecule has 0 amide bonds. The Labute approximate surface area is 95.8 Å². The molecule has 1 heterocycles. The second-order valence-corrected chi connectivity index (χ2v) is 3.96. The number of rotatable bonds is 5. The Hall–Kier alpha value is -1.76. The third-order valence-electron chi connectivity index (χ3n) is 1.51. The molecule has 96 valence electrons. The fourth-order valence-corrected chi connectivity index (χ4v) is 1.32. The summed E-state index contributed by atoms with van der Waals surface area (Å²) in [5.74, 6) is -1.15. The van der Waals surface area contributed by atoms with Crippen molar-refractivity contribution in [3.63, 3.8) is 0 Å². The summed E-state index contributed by atoms with van der Waals surface area (Å²) in [7, 11) is -4.73. The molecule has 6 N–H and O–H groups in total. The molecule has 1 aromatic heterocycles. The van der Waals surface area contributed by atoms with E-state index in [9.17, 15) is 8.42 Å². The molecule has 0 bridgehead atoms. The monoisotopic (exact) mass is 266 g/mol. The van der Waals surface area contributed by atoms with Crippen LogP contribution in [0, 0.1) is 0 Å². The van der Waals surface area contributed by atoms with Crippen LogP contribution in [0.15, 0.2) is 0 Å². The van der Waals surface area contributed by atoms with Crippen molar-refractivity contribution < 1.29 is 23.2 Å². The van der Waals surface area contributed by atoms with Gasteiger partial charge in [0.2, 0.25) is 17.8 Å². The van der Waals surface area contributed by atoms with Crippen molar-refractivity contribution in [1.82, 2.24) is 15.0 Å². The number of nitrogens with one attached hydrogen (secondary N) is 1. The molecule has 1 rings (SSSR count). The number of hydrogen-bond acceptors (Lipinski definition) is 9. The van der Waals surface area contributed by atoms with Gasteiger partial charge in [0.15, 0.2) is 0 Å². The third kappa shape index (κ3) is 3.35. The summed E-state index contributed by atoms with van der Waals surface area (Å²) < 4.78 is 30.6. The van der Waals surface area contributed by atoms with Gasteiger partial charge in [-0.3, -0.25) is 4.55 Å². The van der Waals surface area contributed by atoms with E-state index in [4.69, 9.17) is 20.5 Å². The van der Waals surface area contributed by atoms with E-state index in [1.807, 2.05) is 0 Å². The molecular weight excluding hydrogens is 256 g/mol. The molecule has 1 aromatic rings. The van der Waals surface area contributed by atoms with Gasteiger partial charge in [-0.05, 0) is 0 Å². The molecule has 0 aliphatic rings. The third-order valence-corrected chi connectivity index (χ3v) is 2.34. The molecule has 0 aliphatic heterocycles. The Bertz CT molecular complexity index is 492. The first kappa shape index (κ1) is 13.3. The smallest absolute Gasteiger partial charge is 0.364 e. The van der Waals surface area contributed by atoms with Crippen LogP contribution in [0.3, 0.4) is 0 Å². The number of aliphatic hydroxyl groups excluding tert-OH is 2. The molecule has 0 saturated carbocycles. The topological polar surface area (TPSA) is 175 Å². The first-order chi connectivity index (χ1) is 7.88. The molecular formula is C5H10N6O5S. The van der Waals surface area contributed by atoms with E-state index in [2.05, 4.69) is 20.3 Å². The van der Waals surface area contributed by atoms with Crippen LogP contribution in [-0.4, -0.2) is 51.6 Å². The zero-order chi connectivity index (χ0) is 13.1. The summed E-state index contributed by atoms with van der Waals surface area (Å²) >= 11 is 0. The maximum absolute atomic E-state index is 10.9. The highest BCUT2D eigenvalue weighted by Crippen LogP contribution is 2.13. The standard InChI is InChI=1S/C5H10N6O5S/c6-3-8-4(7-1-12)10-5(9-3)11(2-13)17(14,15)16/h12-13H,1-2H2,(H,14,15,16)(H3,6,7,8,9,10). The lowest BCUT2D eigenvalue weighted by Gasteiger charge is -2.15. The lowest BCUT2D eigenvalue weighted by molar-refractivity contribution is 0.302. The van der Waals surface area contributed by atoms with Gasteiger partial charge < -0.3 is 21.3 Å². The van der Waals surface area contributed by atoms with Gasteiger partial charge in [-0.15, -0.1) is 0 Å². The molecule has 0 atom stereocenters. The SMILES string of the molecule is Nc1nc(NCO)nc(N(CO)S(=O)(=O)O)n1. The van der Waals surface area contributed by atoms with Gasteiger partial charge in [-0.25, -0.2) is 0 Å². The van der Waals surface area contributed by atoms with E-state index in [1.165, 1.54) is 0 Å². The lowest BCUT2D eigenvalue weighted by Crippen LogP contribution is -2.33. The van der Waals surface area contributed by atoms with Crippen LogP contribution in [0.1, 0.15) is 0 Å². The van der Waals surface area contributed by atoms with Crippen molar-refractivity contribution in [3.05, 3.63) is 0 Å². The van der Waals surface area contributed by atoms with Crippen LogP contribution in [0.5, 0.6) is 0 Å². The fourth-order valence-electron chi connectivity index (χ4n) is 0.881. The van der Waals surface area contributed by atoms with E-state index in [0.717, 1.165) is 0 Å². The van der Waals surface area contributed by atoms with Crippen LogP contribution in [0.25, 0.3) is 0 Å². The van der Waals surface area contributed by atoms with Crippen LogP contribution >= 0.6 is 0 Å². The van der Waals surface area contributed by atoms with E-state index in [-0.39, 0.29) is 16.2 Å². The molecule has 0 aromatic carbocycles. The van der Waals surface area contributed by atoms with Crippen LogP contribution in [-0.2, 0) is 10.3 Å². The zero-order valence-corrected chi connectivity index (χ0v) is 9.16. The fraction of sp³-hybridized carbons (Fsp3) is 0.400. The maximum atomic E-state index is 10.9. The Morgan fingerprint density at radius 3 is 2.41 bits per heavy atom. The van der Waals surface area contributed by atoms with Crippen molar-refractivity contribution in [2.45, 2.75) is 0 Å². The minimum Gasteiger partial charge on any atom is -0.376 e. The molecule has 11 nitrogen and oxygen atoms in total. The van der Waals surface area contributed by atoms with Gasteiger partial charge in [0, 0.05) is 0 Å². The Morgan fingerprint density at radius 2 is 1.94 bits per heavy atom. The summed E-state index contributed by atoms with van der Waals surface area (Å²) in [5.41, 5.74) is 5.26. The number of aliphatic hydroxyl groups is 2. The normalized spacial score (nSPS) is 11.2. The summed E-state index contributed by atoms with van der Waals surface area (Å²) in [4.78, 5) is 10.5. The number of nitrogen functional groups attached to an aromatic ring is 1. The van der Waals surface area contributed by atoms with Crippen molar-refractivity contribution >= 4 is 28.1 Å². The van der Waals surface area contributed by atoms with Crippen LogP contribution < -0.4 is 15.4 Å². The van der Waals surface area contributed by atoms with Crippen molar-refractivity contribution in [2.75, 3.05) is 28.8 Å². The first-order valence-electron chi connectivity index (χ1n) is 4.10. The Morgan fingerprint density at radius 1 is 1.29 bits per heavy atom. The number of hydrogen-bond donors (Lipinski definition) is 5. The number of nitrogens with zero attached hydrogens (tertiary/aromatic N) is 4. The molecule has 0 fully saturated rings. The average Bonchev–Trinajstić information content (AvgIpc) is 2.15. The van der Waals surface area contributed by atoms with Gasteiger partial charge in [-0.2, -0.15) is 27.7 Å². The van der Waals surface area contributed by atoms with Gasteiger partial charge >= 0.3 is 10.3 Å². The van der Waals surface area contributed by atoms with E-state index < -0.39 is 29.7 Å². The second-order valence-electron chi connectivity index (χ2n) is 2.62. The number of nitrogens with two attached hydrogens (primary N) is 1. The predicted molar refractivity (Wildman–Crippen MR) is 56.1 cm³/mol. The van der Waals surface area contributed by atoms with Gasteiger partial charge in [0.1, 0.15) is 13.5 Å². The molecule has 0 unspecified atom stereocenters. The molecule has 0 saturated heterocycles. The van der Waals surface area contributed by atoms with E-state index in [0.29, 0.717) is 0 Å². The first-order valence-corrected chi connectivity index (χ1v) is 5.50. The summed E-state index contributed by atoms with van der Waals surface area (Å²) in [6.45, 7) is -1.60.